The number of benzene rings is 4. The molecule has 2 aliphatic carbocycles. The Hall–Kier alpha value is -4.14. The van der Waals surface area contributed by atoms with Crippen molar-refractivity contribution in [3.63, 3.8) is 0 Å². The van der Waals surface area contributed by atoms with Crippen molar-refractivity contribution >= 4 is 16.7 Å². The molecule has 0 bridgehead atoms. The first-order chi connectivity index (χ1) is 24.3. The Morgan fingerprint density at radius 2 is 1.24 bits per heavy atom. The lowest BCUT2D eigenvalue weighted by Gasteiger charge is -2.26. The number of hydrogen-bond donors (Lipinski definition) is 1. The van der Waals surface area contributed by atoms with Crippen LogP contribution in [-0.4, -0.2) is 40.9 Å². The SMILES string of the molecule is c1ccc(COC[C@H]2O[C@@H](c3cccc4nc(C5CC5)nc(NC5CCCC5)c34)[C@H](OCc3ccccc3)[C@@H]2OCc2ccccc2)cc1. The molecule has 3 fully saturated rings. The van der Waals surface area contributed by atoms with Gasteiger partial charge in [0.25, 0.3) is 0 Å². The molecule has 49 heavy (non-hydrogen) atoms. The van der Waals surface area contributed by atoms with Gasteiger partial charge in [-0.1, -0.05) is 116 Å². The molecule has 1 aromatic heterocycles. The molecule has 1 saturated heterocycles. The molecule has 7 nitrogen and oxygen atoms in total. The van der Waals surface area contributed by atoms with E-state index >= 15 is 0 Å². The van der Waals surface area contributed by atoms with Gasteiger partial charge in [0.05, 0.1) is 31.9 Å². The molecule has 252 valence electrons. The van der Waals surface area contributed by atoms with E-state index < -0.39 is 12.2 Å². The Balaban J connectivity index is 1.16. The summed E-state index contributed by atoms with van der Waals surface area (Å²) in [6, 6.07) is 37.7. The van der Waals surface area contributed by atoms with Crippen LogP contribution in [0.1, 0.15) is 78.6 Å². The molecule has 3 aliphatic rings. The van der Waals surface area contributed by atoms with Crippen molar-refractivity contribution in [1.82, 2.24) is 9.97 Å². The van der Waals surface area contributed by atoms with Crippen LogP contribution in [0.3, 0.4) is 0 Å². The summed E-state index contributed by atoms with van der Waals surface area (Å²) in [6.45, 7) is 1.75. The lowest BCUT2D eigenvalue weighted by atomic mass is 9.97. The third-order valence-corrected chi connectivity index (χ3v) is 9.99. The van der Waals surface area contributed by atoms with Gasteiger partial charge in [0.2, 0.25) is 0 Å². The molecule has 8 rings (SSSR count). The van der Waals surface area contributed by atoms with Crippen LogP contribution in [0.5, 0.6) is 0 Å². The highest BCUT2D eigenvalue weighted by atomic mass is 16.6. The van der Waals surface area contributed by atoms with E-state index in [1.54, 1.807) is 0 Å². The predicted molar refractivity (Wildman–Crippen MR) is 191 cm³/mol. The van der Waals surface area contributed by atoms with Crippen LogP contribution in [0.2, 0.25) is 0 Å². The molecular weight excluding hydrogens is 610 g/mol. The lowest BCUT2D eigenvalue weighted by molar-refractivity contribution is -0.0898. The highest BCUT2D eigenvalue weighted by Crippen LogP contribution is 2.44. The van der Waals surface area contributed by atoms with E-state index in [9.17, 15) is 0 Å². The summed E-state index contributed by atoms with van der Waals surface area (Å²) in [4.78, 5) is 10.3. The predicted octanol–water partition coefficient (Wildman–Crippen LogP) is 8.69. The lowest BCUT2D eigenvalue weighted by Crippen LogP contribution is -2.37. The summed E-state index contributed by atoms with van der Waals surface area (Å²) < 4.78 is 27.1. The zero-order valence-electron chi connectivity index (χ0n) is 28.0. The Morgan fingerprint density at radius 3 is 1.88 bits per heavy atom. The molecule has 0 radical (unpaired) electrons. The minimum absolute atomic E-state index is 0.355. The van der Waals surface area contributed by atoms with Gasteiger partial charge in [0, 0.05) is 17.3 Å². The van der Waals surface area contributed by atoms with Crippen LogP contribution in [-0.2, 0) is 38.8 Å². The summed E-state index contributed by atoms with van der Waals surface area (Å²) in [5.41, 5.74) is 5.30. The van der Waals surface area contributed by atoms with Gasteiger partial charge in [0.1, 0.15) is 36.1 Å². The van der Waals surface area contributed by atoms with Crippen LogP contribution in [0, 0.1) is 0 Å². The quantitative estimate of drug-likeness (QED) is 0.128. The molecule has 7 heteroatoms. The standard InChI is InChI=1S/C42H45N3O4/c1-4-13-29(14-5-1)25-46-28-36-39(47-26-30-15-6-2-7-16-30)40(48-27-31-17-8-3-9-18-31)38(49-36)34-21-12-22-35-37(34)42(43-33-19-10-11-20-33)45-41(44-35)32-23-24-32/h1-9,12-18,21-22,32-33,36,38-40H,10-11,19-20,23-28H2,(H,43,44,45)/t36-,38+,39-,40+/m1/s1. The Kier molecular flexibility index (Phi) is 9.94. The van der Waals surface area contributed by atoms with E-state index in [0.29, 0.717) is 38.4 Å². The summed E-state index contributed by atoms with van der Waals surface area (Å²) in [7, 11) is 0. The number of nitrogens with one attached hydrogen (secondary N) is 1. The number of nitrogens with zero attached hydrogens (tertiary/aromatic N) is 2. The fourth-order valence-electron chi connectivity index (χ4n) is 7.25. The number of rotatable bonds is 14. The van der Waals surface area contributed by atoms with Crippen molar-refractivity contribution in [2.75, 3.05) is 11.9 Å². The van der Waals surface area contributed by atoms with Crippen LogP contribution in [0.15, 0.2) is 109 Å². The van der Waals surface area contributed by atoms with Gasteiger partial charge in [0.15, 0.2) is 0 Å². The minimum Gasteiger partial charge on any atom is -0.374 e. The van der Waals surface area contributed by atoms with Crippen LogP contribution in [0.25, 0.3) is 10.9 Å². The van der Waals surface area contributed by atoms with Crippen molar-refractivity contribution in [3.8, 4) is 0 Å². The van der Waals surface area contributed by atoms with E-state index in [0.717, 1.165) is 70.5 Å². The topological polar surface area (TPSA) is 74.7 Å². The van der Waals surface area contributed by atoms with E-state index in [1.807, 2.05) is 54.6 Å². The highest BCUT2D eigenvalue weighted by Gasteiger charge is 2.48. The Morgan fingerprint density at radius 1 is 0.633 bits per heavy atom. The molecule has 0 unspecified atom stereocenters. The second-order valence-electron chi connectivity index (χ2n) is 13.7. The molecule has 4 aromatic carbocycles. The summed E-state index contributed by atoms with van der Waals surface area (Å²) >= 11 is 0. The molecule has 0 amide bonds. The van der Waals surface area contributed by atoms with Gasteiger partial charge >= 0.3 is 0 Å². The first-order valence-corrected chi connectivity index (χ1v) is 17.9. The van der Waals surface area contributed by atoms with Gasteiger partial charge in [-0.2, -0.15) is 0 Å². The molecule has 4 atom stereocenters. The number of ether oxygens (including phenoxy) is 4. The number of fused-ring (bicyclic) bond motifs is 1. The molecule has 1 aliphatic heterocycles. The van der Waals surface area contributed by atoms with Gasteiger partial charge in [-0.25, -0.2) is 9.97 Å². The van der Waals surface area contributed by atoms with Gasteiger partial charge in [-0.3, -0.25) is 0 Å². The van der Waals surface area contributed by atoms with Crippen molar-refractivity contribution < 1.29 is 18.9 Å². The van der Waals surface area contributed by atoms with Crippen LogP contribution >= 0.6 is 0 Å². The Labute approximate surface area is 289 Å². The second-order valence-corrected chi connectivity index (χ2v) is 13.7. The van der Waals surface area contributed by atoms with Gasteiger partial charge in [-0.15, -0.1) is 0 Å². The summed E-state index contributed by atoms with van der Waals surface area (Å²) in [5, 5.41) is 4.88. The maximum atomic E-state index is 7.05. The minimum atomic E-state index is -0.419. The van der Waals surface area contributed by atoms with Crippen LogP contribution < -0.4 is 5.32 Å². The summed E-state index contributed by atoms with van der Waals surface area (Å²) in [6.07, 6.45) is 5.56. The smallest absolute Gasteiger partial charge is 0.138 e. The molecule has 1 N–H and O–H groups in total. The maximum absolute atomic E-state index is 7.05. The van der Waals surface area contributed by atoms with E-state index in [-0.39, 0.29) is 12.2 Å². The zero-order valence-corrected chi connectivity index (χ0v) is 28.0. The molecular formula is C42H45N3O4. The average molecular weight is 656 g/mol. The second kappa shape index (κ2) is 15.2. The normalized spacial score (nSPS) is 22.5. The van der Waals surface area contributed by atoms with E-state index in [4.69, 9.17) is 28.9 Å². The molecule has 2 heterocycles. The number of anilines is 1. The maximum Gasteiger partial charge on any atom is 0.138 e. The third-order valence-electron chi connectivity index (χ3n) is 9.99. The fraction of sp³-hybridized carbons (Fsp3) is 0.381. The largest absolute Gasteiger partial charge is 0.374 e. The first kappa shape index (κ1) is 32.1. The zero-order chi connectivity index (χ0) is 32.8. The highest BCUT2D eigenvalue weighted by molar-refractivity contribution is 5.93. The Bertz CT molecular complexity index is 1800. The average Bonchev–Trinajstić information content (AvgIpc) is 3.77. The molecule has 0 spiro atoms. The monoisotopic (exact) mass is 655 g/mol. The van der Waals surface area contributed by atoms with Gasteiger partial charge in [-0.05, 0) is 54.0 Å². The molecule has 2 saturated carbocycles. The van der Waals surface area contributed by atoms with Crippen molar-refractivity contribution in [3.05, 3.63) is 137 Å². The van der Waals surface area contributed by atoms with Crippen LogP contribution in [0.4, 0.5) is 5.82 Å². The van der Waals surface area contributed by atoms with Crippen molar-refractivity contribution in [2.24, 2.45) is 0 Å². The van der Waals surface area contributed by atoms with E-state index in [2.05, 4.69) is 59.9 Å². The van der Waals surface area contributed by atoms with E-state index in [1.165, 1.54) is 12.8 Å². The fourth-order valence-corrected chi connectivity index (χ4v) is 7.25. The number of aromatic nitrogens is 2. The molecule has 5 aromatic rings. The number of hydrogen-bond acceptors (Lipinski definition) is 7. The third kappa shape index (κ3) is 7.71. The van der Waals surface area contributed by atoms with Gasteiger partial charge < -0.3 is 24.3 Å². The van der Waals surface area contributed by atoms with Crippen molar-refractivity contribution in [1.29, 1.82) is 0 Å². The van der Waals surface area contributed by atoms with Crippen molar-refractivity contribution in [2.45, 2.75) is 94.7 Å². The first-order valence-electron chi connectivity index (χ1n) is 17.9. The summed E-state index contributed by atoms with van der Waals surface area (Å²) in [5.74, 6) is 2.32.